The number of hydrogen-bond acceptors (Lipinski definition) is 15. The van der Waals surface area contributed by atoms with Crippen LogP contribution in [0.25, 0.3) is 33.3 Å². The van der Waals surface area contributed by atoms with Gasteiger partial charge in [-0.25, -0.2) is 43.3 Å². The first-order valence-corrected chi connectivity index (χ1v) is 24.0. The molecule has 10 aromatic rings. The minimum Gasteiger partial charge on any atom is -0.384 e. The first-order valence-electron chi connectivity index (χ1n) is 24.0. The van der Waals surface area contributed by atoms with Crippen molar-refractivity contribution >= 4 is 40.5 Å². The van der Waals surface area contributed by atoms with E-state index in [4.69, 9.17) is 25.8 Å². The van der Waals surface area contributed by atoms with Crippen LogP contribution in [-0.2, 0) is 13.0 Å². The molecule has 1 unspecified atom stereocenters. The number of piperazine rings is 2. The van der Waals surface area contributed by atoms with Crippen LogP contribution < -0.4 is 25.3 Å². The van der Waals surface area contributed by atoms with Gasteiger partial charge in [0.2, 0.25) is 17.8 Å². The Hall–Kier alpha value is -9.17. The van der Waals surface area contributed by atoms with Gasteiger partial charge < -0.3 is 30.4 Å². The summed E-state index contributed by atoms with van der Waals surface area (Å²) in [6.07, 6.45) is 17.9. The van der Waals surface area contributed by atoms with Crippen molar-refractivity contribution in [1.82, 2.24) is 58.9 Å². The Kier molecular flexibility index (Phi) is 11.8. The predicted octanol–water partition coefficient (Wildman–Crippen LogP) is 5.49. The van der Waals surface area contributed by atoms with E-state index in [0.717, 1.165) is 87.8 Å². The molecule has 3 N–H and O–H groups in total. The van der Waals surface area contributed by atoms with E-state index in [9.17, 15) is 14.3 Å². The third-order valence-electron chi connectivity index (χ3n) is 13.6. The zero-order valence-corrected chi connectivity index (χ0v) is 39.5. The molecule has 0 saturated carbocycles. The third-order valence-corrected chi connectivity index (χ3v) is 13.6. The fourth-order valence-electron chi connectivity index (χ4n) is 9.64. The van der Waals surface area contributed by atoms with E-state index in [1.165, 1.54) is 12.1 Å². The van der Waals surface area contributed by atoms with Crippen molar-refractivity contribution in [3.8, 4) is 22.3 Å². The summed E-state index contributed by atoms with van der Waals surface area (Å²) in [6.45, 7) is 6.38. The minimum absolute atomic E-state index is 0.356. The fourth-order valence-corrected chi connectivity index (χ4v) is 9.64. The smallest absolute Gasteiger partial charge is 0.248 e. The summed E-state index contributed by atoms with van der Waals surface area (Å²) in [4.78, 5) is 48.5. The standard InChI is InChI=1S/C53H48FN17O2/c54-45-10-8-39(9-11-45)48(72)43-26-58-53(59-27-43)68-18-14-66(15-19-68)51-47-23-42(32-71(47)64-34-61-51)44-28-62-69(30-44)29-36-3-1-2-35(20-36)21-37-24-56-52(57-25-37)67-16-12-65(13-17-67)50-46-22-41(31-70(46)63-33-60-50)38-4-6-40(7-5-38)49(55)73/h1-11,20,22-28,30-34,48,72H,12-19,21,29H2,(H2,55,73). The maximum atomic E-state index is 13.4. The molecule has 2 fully saturated rings. The molecule has 0 spiro atoms. The summed E-state index contributed by atoms with van der Waals surface area (Å²) in [5, 5.41) is 24.5. The van der Waals surface area contributed by atoms with E-state index in [1.54, 1.807) is 49.3 Å². The van der Waals surface area contributed by atoms with E-state index < -0.39 is 12.0 Å². The number of benzene rings is 3. The van der Waals surface area contributed by atoms with Crippen molar-refractivity contribution < 1.29 is 14.3 Å². The summed E-state index contributed by atoms with van der Waals surface area (Å²) < 4.78 is 19.1. The van der Waals surface area contributed by atoms with Crippen LogP contribution in [0.3, 0.4) is 0 Å². The quantitative estimate of drug-likeness (QED) is 0.147. The fraction of sp³-hybridized carbons (Fsp3) is 0.208. The lowest BCUT2D eigenvalue weighted by molar-refractivity contribution is 0.1000. The van der Waals surface area contributed by atoms with Crippen molar-refractivity contribution in [3.63, 3.8) is 0 Å². The number of halogens is 1. The molecule has 20 heteroatoms. The number of anilines is 4. The number of aliphatic hydroxyl groups is 1. The number of carbonyl (C=O) groups excluding carboxylic acids is 1. The highest BCUT2D eigenvalue weighted by Crippen LogP contribution is 2.30. The average molecular weight is 974 g/mol. The molecule has 12 rings (SSSR count). The molecule has 1 amide bonds. The number of primary amides is 1. The highest BCUT2D eigenvalue weighted by atomic mass is 19.1. The molecule has 73 heavy (non-hydrogen) atoms. The molecule has 2 aliphatic rings. The van der Waals surface area contributed by atoms with E-state index in [2.05, 4.69) is 87.3 Å². The first kappa shape index (κ1) is 45.0. The van der Waals surface area contributed by atoms with E-state index in [0.29, 0.717) is 67.7 Å². The van der Waals surface area contributed by atoms with Gasteiger partial charge in [0.15, 0.2) is 11.6 Å². The number of carbonyl (C=O) groups is 1. The van der Waals surface area contributed by atoms with Crippen molar-refractivity contribution in [2.24, 2.45) is 5.73 Å². The molecule has 7 aromatic heterocycles. The van der Waals surface area contributed by atoms with Crippen molar-refractivity contribution in [1.29, 1.82) is 0 Å². The number of aliphatic hydroxyl groups excluding tert-OH is 1. The molecule has 2 saturated heterocycles. The lowest BCUT2D eigenvalue weighted by atomic mass is 10.0. The number of nitrogens with two attached hydrogens (primary N) is 1. The van der Waals surface area contributed by atoms with E-state index in [1.807, 2.05) is 56.8 Å². The molecule has 1 atom stereocenters. The molecule has 0 bridgehead atoms. The molecule has 3 aromatic carbocycles. The maximum Gasteiger partial charge on any atom is 0.248 e. The van der Waals surface area contributed by atoms with Gasteiger partial charge in [0.1, 0.15) is 35.6 Å². The van der Waals surface area contributed by atoms with E-state index >= 15 is 0 Å². The van der Waals surface area contributed by atoms with Crippen LogP contribution in [0.15, 0.2) is 147 Å². The van der Waals surface area contributed by atoms with Crippen LogP contribution in [0.5, 0.6) is 0 Å². The lowest BCUT2D eigenvalue weighted by Gasteiger charge is -2.35. The Morgan fingerprint density at radius 1 is 0.548 bits per heavy atom. The number of fused-ring (bicyclic) bond motifs is 2. The highest BCUT2D eigenvalue weighted by Gasteiger charge is 2.25. The topological polar surface area (TPSA) is 206 Å². The molecule has 19 nitrogen and oxygen atoms in total. The molecule has 0 aliphatic carbocycles. The van der Waals surface area contributed by atoms with Gasteiger partial charge in [-0.2, -0.15) is 15.3 Å². The second-order valence-corrected chi connectivity index (χ2v) is 18.3. The van der Waals surface area contributed by atoms with Gasteiger partial charge in [0.25, 0.3) is 0 Å². The van der Waals surface area contributed by atoms with Gasteiger partial charge in [0.05, 0.1) is 12.7 Å². The molecule has 9 heterocycles. The van der Waals surface area contributed by atoms with Crippen LogP contribution in [0, 0.1) is 5.82 Å². The summed E-state index contributed by atoms with van der Waals surface area (Å²) in [6, 6.07) is 25.7. The number of nitrogens with zero attached hydrogens (tertiary/aromatic N) is 16. The lowest BCUT2D eigenvalue weighted by Crippen LogP contribution is -2.47. The maximum absolute atomic E-state index is 13.4. The average Bonchev–Trinajstić information content (AvgIpc) is 4.21. The Morgan fingerprint density at radius 2 is 1.10 bits per heavy atom. The van der Waals surface area contributed by atoms with Gasteiger partial charge in [-0.1, -0.05) is 48.5 Å². The van der Waals surface area contributed by atoms with Crippen molar-refractivity contribution in [2.75, 3.05) is 72.0 Å². The summed E-state index contributed by atoms with van der Waals surface area (Å²) >= 11 is 0. The second-order valence-electron chi connectivity index (χ2n) is 18.3. The number of aromatic nitrogens is 12. The van der Waals surface area contributed by atoms with Gasteiger partial charge in [-0.15, -0.1) is 0 Å². The predicted molar refractivity (Wildman–Crippen MR) is 273 cm³/mol. The number of rotatable bonds is 13. The van der Waals surface area contributed by atoms with Crippen molar-refractivity contribution in [3.05, 3.63) is 186 Å². The van der Waals surface area contributed by atoms with Gasteiger partial charge in [0, 0.05) is 130 Å². The molecule has 364 valence electrons. The molecular weight excluding hydrogens is 926 g/mol. The Labute approximate surface area is 417 Å². The Bertz CT molecular complexity index is 3570. The van der Waals surface area contributed by atoms with Crippen LogP contribution in [0.1, 0.15) is 44.3 Å². The van der Waals surface area contributed by atoms with Crippen LogP contribution in [0.2, 0.25) is 0 Å². The Morgan fingerprint density at radius 3 is 1.68 bits per heavy atom. The zero-order chi connectivity index (χ0) is 49.4. The largest absolute Gasteiger partial charge is 0.384 e. The van der Waals surface area contributed by atoms with Gasteiger partial charge in [-0.05, 0) is 64.2 Å². The second kappa shape index (κ2) is 19.2. The number of amides is 1. The van der Waals surface area contributed by atoms with Crippen molar-refractivity contribution in [2.45, 2.75) is 19.1 Å². The summed E-state index contributed by atoms with van der Waals surface area (Å²) in [7, 11) is 0. The molecule has 0 radical (unpaired) electrons. The van der Waals surface area contributed by atoms with Crippen LogP contribution >= 0.6 is 0 Å². The Balaban J connectivity index is 0.643. The van der Waals surface area contributed by atoms with Gasteiger partial charge in [-0.3, -0.25) is 9.48 Å². The van der Waals surface area contributed by atoms with Gasteiger partial charge >= 0.3 is 0 Å². The minimum atomic E-state index is -0.942. The SMILES string of the molecule is NC(=O)c1ccc(-c2cc3c(N4CCN(c5ncc(Cc6cccc(Cn7cc(-c8cc9c(N%10CCN(c%11ncc(C(O)c%12ccc(F)cc%12)cn%11)CC%10)ncnn9c8)cn7)c6)cn5)CC4)ncnn3c2)cc1. The summed E-state index contributed by atoms with van der Waals surface area (Å²) in [5.41, 5.74) is 16.1. The highest BCUT2D eigenvalue weighted by molar-refractivity contribution is 5.93. The molecule has 2 aliphatic heterocycles. The van der Waals surface area contributed by atoms with Crippen LogP contribution in [-0.4, -0.2) is 122 Å². The van der Waals surface area contributed by atoms with Crippen LogP contribution in [0.4, 0.5) is 27.9 Å². The van der Waals surface area contributed by atoms with E-state index in [-0.39, 0.29) is 5.82 Å². The number of hydrogen-bond donors (Lipinski definition) is 2. The monoisotopic (exact) mass is 973 g/mol. The molecular formula is C53H48FN17O2. The first-order chi connectivity index (χ1) is 35.7. The summed E-state index contributed by atoms with van der Waals surface area (Å²) in [5.74, 6) is 2.20. The third kappa shape index (κ3) is 9.33. The normalized spacial score (nSPS) is 14.6. The zero-order valence-electron chi connectivity index (χ0n) is 39.5.